The summed E-state index contributed by atoms with van der Waals surface area (Å²) < 4.78 is 0. The van der Waals surface area contributed by atoms with E-state index in [9.17, 15) is 0 Å². The minimum atomic E-state index is -1.46. The van der Waals surface area contributed by atoms with Gasteiger partial charge >= 0.3 is 0 Å². The summed E-state index contributed by atoms with van der Waals surface area (Å²) in [4.78, 5) is 0. The first-order chi connectivity index (χ1) is 2.56. The second-order valence-corrected chi connectivity index (χ2v) is 1.57. The Morgan fingerprint density at radius 2 is 1.57 bits per heavy atom. The Hall–Kier alpha value is 0.210. The van der Waals surface area contributed by atoms with Crippen molar-refractivity contribution in [3.8, 4) is 0 Å². The lowest BCUT2D eigenvalue weighted by Gasteiger charge is -2.10. The molecule has 0 bridgehead atoms. The zero-order chi connectivity index (χ0) is 5.21. The molecule has 0 amide bonds. The maximum absolute atomic E-state index is 8.38. The normalized spacial score (nSPS) is 10.3. The summed E-state index contributed by atoms with van der Waals surface area (Å²) in [5.74, 6) is -1.46. The van der Waals surface area contributed by atoms with Gasteiger partial charge in [-0.15, -0.1) is 12.4 Å². The van der Waals surface area contributed by atoms with Gasteiger partial charge in [0.25, 0.3) is 0 Å². The first kappa shape index (κ1) is 10.2. The Morgan fingerprint density at radius 1 is 1.43 bits per heavy atom. The number of halogens is 1. The van der Waals surface area contributed by atoms with Gasteiger partial charge in [0.1, 0.15) is 0 Å². The van der Waals surface area contributed by atoms with E-state index in [0.29, 0.717) is 6.42 Å². The van der Waals surface area contributed by atoms with Gasteiger partial charge in [-0.25, -0.2) is 0 Å². The lowest BCUT2D eigenvalue weighted by atomic mass is 10.3. The number of aliphatic hydroxyl groups is 2. The molecule has 46 valence electrons. The van der Waals surface area contributed by atoms with Crippen molar-refractivity contribution in [1.82, 2.24) is 0 Å². The summed E-state index contributed by atoms with van der Waals surface area (Å²) in [6.07, 6.45) is 0.382. The molecule has 0 aliphatic carbocycles. The van der Waals surface area contributed by atoms with Crippen LogP contribution in [0.5, 0.6) is 0 Å². The van der Waals surface area contributed by atoms with E-state index >= 15 is 0 Å². The predicted octanol–water partition coefficient (Wildman–Crippen LogP) is 0.519. The van der Waals surface area contributed by atoms with Crippen LogP contribution in [0.15, 0.2) is 0 Å². The molecule has 0 saturated carbocycles. The van der Waals surface area contributed by atoms with Crippen LogP contribution in [0.4, 0.5) is 0 Å². The van der Waals surface area contributed by atoms with E-state index in [1.54, 1.807) is 6.92 Å². The topological polar surface area (TPSA) is 40.5 Å². The van der Waals surface area contributed by atoms with E-state index in [-0.39, 0.29) is 12.4 Å². The maximum atomic E-state index is 8.38. The van der Waals surface area contributed by atoms with Gasteiger partial charge in [-0.2, -0.15) is 0 Å². The maximum Gasteiger partial charge on any atom is 0.159 e. The fraction of sp³-hybridized carbons (Fsp3) is 1.00. The van der Waals surface area contributed by atoms with E-state index in [1.807, 2.05) is 0 Å². The second kappa shape index (κ2) is 3.24. The molecule has 0 aromatic heterocycles. The first-order valence-corrected chi connectivity index (χ1v) is 2.01. The monoisotopic (exact) mass is 126 g/mol. The van der Waals surface area contributed by atoms with E-state index in [0.717, 1.165) is 0 Å². The molecule has 0 aromatic rings. The zero-order valence-corrected chi connectivity index (χ0v) is 5.33. The van der Waals surface area contributed by atoms with Crippen molar-refractivity contribution < 1.29 is 10.2 Å². The highest BCUT2D eigenvalue weighted by atomic mass is 35.5. The summed E-state index contributed by atoms with van der Waals surface area (Å²) in [7, 11) is 0. The minimum absolute atomic E-state index is 0. The third kappa shape index (κ3) is 10.7. The third-order valence-electron chi connectivity index (χ3n) is 0.670. The largest absolute Gasteiger partial charge is 0.366 e. The molecule has 0 aliphatic rings. The second-order valence-electron chi connectivity index (χ2n) is 1.57. The first-order valence-electron chi connectivity index (χ1n) is 2.01. The van der Waals surface area contributed by atoms with Crippen LogP contribution in [0.3, 0.4) is 0 Å². The molecule has 0 fully saturated rings. The van der Waals surface area contributed by atoms with Crippen LogP contribution in [0.25, 0.3) is 0 Å². The lowest BCUT2D eigenvalue weighted by Crippen LogP contribution is -2.20. The summed E-state index contributed by atoms with van der Waals surface area (Å²) in [6, 6.07) is 0. The molecular weight excluding hydrogens is 115 g/mol. The quantitative estimate of drug-likeness (QED) is 0.503. The van der Waals surface area contributed by atoms with Crippen LogP contribution < -0.4 is 0 Å². The van der Waals surface area contributed by atoms with Crippen molar-refractivity contribution in [2.75, 3.05) is 0 Å². The van der Waals surface area contributed by atoms with Crippen LogP contribution in [0.2, 0.25) is 0 Å². The zero-order valence-electron chi connectivity index (χ0n) is 4.51. The molecule has 0 rings (SSSR count). The minimum Gasteiger partial charge on any atom is -0.366 e. The van der Waals surface area contributed by atoms with Crippen molar-refractivity contribution in [1.29, 1.82) is 0 Å². The molecule has 3 heteroatoms. The van der Waals surface area contributed by atoms with Crippen LogP contribution >= 0.6 is 12.4 Å². The molecule has 0 heterocycles. The van der Waals surface area contributed by atoms with Crippen LogP contribution in [0, 0.1) is 0 Å². The molecule has 0 spiro atoms. The Balaban J connectivity index is 0. The highest BCUT2D eigenvalue weighted by molar-refractivity contribution is 5.85. The summed E-state index contributed by atoms with van der Waals surface area (Å²) in [5, 5.41) is 16.8. The van der Waals surface area contributed by atoms with Crippen LogP contribution in [-0.2, 0) is 0 Å². The average molecular weight is 127 g/mol. The molecule has 0 unspecified atom stereocenters. The molecule has 2 nitrogen and oxygen atoms in total. The fourth-order valence-corrected chi connectivity index (χ4v) is 0. The van der Waals surface area contributed by atoms with E-state index in [1.165, 1.54) is 6.92 Å². The van der Waals surface area contributed by atoms with E-state index in [4.69, 9.17) is 10.2 Å². The molecule has 7 heavy (non-hydrogen) atoms. The Labute approximate surface area is 49.6 Å². The van der Waals surface area contributed by atoms with Gasteiger partial charge < -0.3 is 10.2 Å². The highest BCUT2D eigenvalue weighted by Gasteiger charge is 2.08. The Kier molecular flexibility index (Phi) is 4.75. The molecule has 0 radical (unpaired) electrons. The third-order valence-corrected chi connectivity index (χ3v) is 0.670. The standard InChI is InChI=1S/C4H10O2.ClH/c1-3-4(2,5)6;/h5-6H,3H2,1-2H3;1H. The van der Waals surface area contributed by atoms with Crippen molar-refractivity contribution in [2.45, 2.75) is 26.1 Å². The van der Waals surface area contributed by atoms with Gasteiger partial charge in [0.2, 0.25) is 0 Å². The molecule has 2 N–H and O–H groups in total. The van der Waals surface area contributed by atoms with Crippen LogP contribution in [-0.4, -0.2) is 16.0 Å². The van der Waals surface area contributed by atoms with Gasteiger partial charge in [-0.1, -0.05) is 6.92 Å². The summed E-state index contributed by atoms with van der Waals surface area (Å²) in [6.45, 7) is 3.06. The molecule has 0 aliphatic heterocycles. The average Bonchev–Trinajstić information content (AvgIpc) is 1.35. The number of hydrogen-bond donors (Lipinski definition) is 2. The molecular formula is C4H11ClO2. The van der Waals surface area contributed by atoms with E-state index < -0.39 is 5.79 Å². The fourth-order valence-electron chi connectivity index (χ4n) is 0. The van der Waals surface area contributed by atoms with Gasteiger partial charge in [0.05, 0.1) is 0 Å². The smallest absolute Gasteiger partial charge is 0.159 e. The van der Waals surface area contributed by atoms with Gasteiger partial charge in [-0.05, 0) is 13.3 Å². The Bertz CT molecular complexity index is 39.4. The predicted molar refractivity (Wildman–Crippen MR) is 30.4 cm³/mol. The van der Waals surface area contributed by atoms with E-state index in [2.05, 4.69) is 0 Å². The van der Waals surface area contributed by atoms with Gasteiger partial charge in [0, 0.05) is 0 Å². The number of rotatable bonds is 1. The molecule has 0 aromatic carbocycles. The summed E-state index contributed by atoms with van der Waals surface area (Å²) in [5.41, 5.74) is 0. The Morgan fingerprint density at radius 3 is 1.57 bits per heavy atom. The molecule has 0 atom stereocenters. The van der Waals surface area contributed by atoms with Crippen molar-refractivity contribution in [3.05, 3.63) is 0 Å². The van der Waals surface area contributed by atoms with Gasteiger partial charge in [0.15, 0.2) is 5.79 Å². The van der Waals surface area contributed by atoms with Crippen molar-refractivity contribution in [3.63, 3.8) is 0 Å². The van der Waals surface area contributed by atoms with Crippen LogP contribution in [0.1, 0.15) is 20.3 Å². The number of hydrogen-bond acceptors (Lipinski definition) is 2. The SMILES string of the molecule is CCC(C)(O)O.Cl. The van der Waals surface area contributed by atoms with Crippen molar-refractivity contribution in [2.24, 2.45) is 0 Å². The van der Waals surface area contributed by atoms with Crippen molar-refractivity contribution >= 4 is 12.4 Å². The summed E-state index contributed by atoms with van der Waals surface area (Å²) >= 11 is 0. The molecule has 0 saturated heterocycles. The lowest BCUT2D eigenvalue weighted by molar-refractivity contribution is -0.145. The van der Waals surface area contributed by atoms with Gasteiger partial charge in [-0.3, -0.25) is 0 Å². The highest BCUT2D eigenvalue weighted by Crippen LogP contribution is 1.99.